The van der Waals surface area contributed by atoms with Crippen LogP contribution in [-0.4, -0.2) is 90.2 Å². The van der Waals surface area contributed by atoms with Crippen LogP contribution in [0, 0.1) is 0 Å². The molecule has 0 aromatic carbocycles. The highest BCUT2D eigenvalue weighted by Gasteiger charge is 2.32. The van der Waals surface area contributed by atoms with E-state index in [1.165, 1.54) is 13.3 Å². The number of hydrogen-bond donors (Lipinski definition) is 1. The number of H-pyrrole nitrogens is 1. The second kappa shape index (κ2) is 12.3. The Balaban J connectivity index is 1.40. The lowest BCUT2D eigenvalue weighted by Crippen LogP contribution is -2.49. The van der Waals surface area contributed by atoms with Gasteiger partial charge in [-0.3, -0.25) is 9.59 Å². The Hall–Kier alpha value is -2.78. The number of nitrogens with one attached hydrogen (secondary N) is 1. The number of ether oxygens (including phenoxy) is 3. The fourth-order valence-corrected chi connectivity index (χ4v) is 3.53. The number of methoxy groups -OCH3 is 1. The van der Waals surface area contributed by atoms with Crippen LogP contribution in [0.15, 0.2) is 27.9 Å². The number of halogens is 4. The predicted octanol–water partition coefficient (Wildman–Crippen LogP) is 1.49. The van der Waals surface area contributed by atoms with E-state index < -0.39 is 23.4 Å². The first kappa shape index (κ1) is 26.8. The van der Waals surface area contributed by atoms with Gasteiger partial charge in [0.2, 0.25) is 11.9 Å². The fraction of sp³-hybridized carbons (Fsp3) is 0.550. The molecule has 2 aromatic heterocycles. The summed E-state index contributed by atoms with van der Waals surface area (Å²) in [6.45, 7) is 2.06. The van der Waals surface area contributed by atoms with E-state index in [-0.39, 0.29) is 48.3 Å². The number of aromatic nitrogens is 4. The second-order valence-electron chi connectivity index (χ2n) is 7.53. The van der Waals surface area contributed by atoms with Gasteiger partial charge in [-0.2, -0.15) is 18.3 Å². The molecule has 0 radical (unpaired) electrons. The molecule has 11 nitrogen and oxygen atoms in total. The standard InChI is InChI=1S/C20H24BrF3N6O5/c1-33-11-14(35-15-10-27-28-18(32)17(15)21)12-34-7-2-16(31)29-3-5-30(6-4-29)19-25-8-13(9-26-19)20(22,23)24/h8-10,14H,2-7,11-12H2,1H3,(H,28,32)/t14-/m1/s1. The van der Waals surface area contributed by atoms with Gasteiger partial charge in [-0.25, -0.2) is 15.1 Å². The van der Waals surface area contributed by atoms with Crippen LogP contribution in [0.1, 0.15) is 12.0 Å². The molecule has 1 saturated heterocycles. The van der Waals surface area contributed by atoms with E-state index in [0.717, 1.165) is 12.4 Å². The third-order valence-electron chi connectivity index (χ3n) is 5.05. The van der Waals surface area contributed by atoms with E-state index in [0.29, 0.717) is 26.2 Å². The van der Waals surface area contributed by atoms with Crippen molar-refractivity contribution in [2.24, 2.45) is 0 Å². The minimum atomic E-state index is -4.49. The minimum Gasteiger partial charge on any atom is -0.483 e. The number of carbonyl (C=O) groups excluding carboxylic acids is 1. The molecule has 0 saturated carbocycles. The second-order valence-corrected chi connectivity index (χ2v) is 8.33. The van der Waals surface area contributed by atoms with E-state index in [9.17, 15) is 22.8 Å². The molecule has 0 unspecified atom stereocenters. The Morgan fingerprint density at radius 1 is 1.17 bits per heavy atom. The quantitative estimate of drug-likeness (QED) is 0.427. The minimum absolute atomic E-state index is 0.108. The van der Waals surface area contributed by atoms with Gasteiger partial charge in [-0.1, -0.05) is 0 Å². The van der Waals surface area contributed by atoms with Gasteiger partial charge in [0.15, 0.2) is 5.75 Å². The van der Waals surface area contributed by atoms with Gasteiger partial charge in [0, 0.05) is 45.7 Å². The highest BCUT2D eigenvalue weighted by atomic mass is 79.9. The van der Waals surface area contributed by atoms with E-state index in [2.05, 4.69) is 36.1 Å². The molecule has 1 aliphatic rings. The van der Waals surface area contributed by atoms with E-state index >= 15 is 0 Å². The summed E-state index contributed by atoms with van der Waals surface area (Å²) in [5.74, 6) is 0.328. The Kier molecular flexibility index (Phi) is 9.40. The molecule has 15 heteroatoms. The molecule has 1 amide bonds. The van der Waals surface area contributed by atoms with Gasteiger partial charge in [0.1, 0.15) is 10.6 Å². The fourth-order valence-electron chi connectivity index (χ4n) is 3.25. The molecule has 3 rings (SSSR count). The summed E-state index contributed by atoms with van der Waals surface area (Å²) in [6, 6.07) is 0. The smallest absolute Gasteiger partial charge is 0.419 e. The third-order valence-corrected chi connectivity index (χ3v) is 5.81. The number of aromatic amines is 1. The van der Waals surface area contributed by atoms with Crippen molar-refractivity contribution in [3.8, 4) is 5.75 Å². The maximum Gasteiger partial charge on any atom is 0.419 e. The van der Waals surface area contributed by atoms with Crippen molar-refractivity contribution in [2.45, 2.75) is 18.7 Å². The van der Waals surface area contributed by atoms with Crippen LogP contribution in [0.5, 0.6) is 5.75 Å². The van der Waals surface area contributed by atoms with Crippen molar-refractivity contribution < 1.29 is 32.2 Å². The van der Waals surface area contributed by atoms with Crippen LogP contribution in [0.25, 0.3) is 0 Å². The van der Waals surface area contributed by atoms with E-state index in [1.807, 2.05) is 0 Å². The molecule has 1 atom stereocenters. The number of piperazine rings is 1. The van der Waals surface area contributed by atoms with Gasteiger partial charge < -0.3 is 24.0 Å². The third kappa shape index (κ3) is 7.60. The maximum absolute atomic E-state index is 12.7. The van der Waals surface area contributed by atoms with Crippen molar-refractivity contribution in [2.75, 3.05) is 58.0 Å². The number of nitrogens with zero attached hydrogens (tertiary/aromatic N) is 5. The SMILES string of the molecule is COC[C@H](COCCC(=O)N1CCN(c2ncc(C(F)(F)F)cn2)CC1)Oc1cn[nH]c(=O)c1Br. The molecule has 192 valence electrons. The monoisotopic (exact) mass is 564 g/mol. The van der Waals surface area contributed by atoms with E-state index in [1.54, 1.807) is 9.80 Å². The van der Waals surface area contributed by atoms with Crippen molar-refractivity contribution in [3.05, 3.63) is 39.0 Å². The summed E-state index contributed by atoms with van der Waals surface area (Å²) in [5.41, 5.74) is -1.34. The average Bonchev–Trinajstić information content (AvgIpc) is 2.84. The maximum atomic E-state index is 12.7. The van der Waals surface area contributed by atoms with Gasteiger partial charge in [-0.05, 0) is 15.9 Å². The number of alkyl halides is 3. The lowest BCUT2D eigenvalue weighted by atomic mass is 10.3. The lowest BCUT2D eigenvalue weighted by molar-refractivity contribution is -0.138. The number of anilines is 1. The topological polar surface area (TPSA) is 123 Å². The van der Waals surface area contributed by atoms with Crippen LogP contribution in [0.2, 0.25) is 0 Å². The Morgan fingerprint density at radius 2 is 1.86 bits per heavy atom. The Labute approximate surface area is 206 Å². The first-order valence-electron chi connectivity index (χ1n) is 10.6. The van der Waals surface area contributed by atoms with Gasteiger partial charge >= 0.3 is 6.18 Å². The summed E-state index contributed by atoms with van der Waals surface area (Å²) < 4.78 is 54.6. The summed E-state index contributed by atoms with van der Waals surface area (Å²) >= 11 is 3.14. The largest absolute Gasteiger partial charge is 0.483 e. The molecule has 1 fully saturated rings. The number of rotatable bonds is 10. The normalized spacial score (nSPS) is 15.2. The highest BCUT2D eigenvalue weighted by Crippen LogP contribution is 2.28. The molecular formula is C20H24BrF3N6O5. The zero-order valence-electron chi connectivity index (χ0n) is 18.8. The van der Waals surface area contributed by atoms with Gasteiger partial charge in [0.05, 0.1) is 38.0 Å². The predicted molar refractivity (Wildman–Crippen MR) is 120 cm³/mol. The van der Waals surface area contributed by atoms with Crippen molar-refractivity contribution in [1.82, 2.24) is 25.1 Å². The van der Waals surface area contributed by atoms with Gasteiger partial charge in [0.25, 0.3) is 5.56 Å². The first-order valence-corrected chi connectivity index (χ1v) is 11.4. The molecule has 1 aliphatic heterocycles. The molecule has 1 N–H and O–H groups in total. The van der Waals surface area contributed by atoms with Gasteiger partial charge in [-0.15, -0.1) is 0 Å². The molecule has 3 heterocycles. The Morgan fingerprint density at radius 3 is 2.49 bits per heavy atom. The summed E-state index contributed by atoms with van der Waals surface area (Å²) in [6.07, 6.45) is -2.01. The number of amides is 1. The van der Waals surface area contributed by atoms with Crippen LogP contribution in [0.3, 0.4) is 0 Å². The van der Waals surface area contributed by atoms with Crippen LogP contribution < -0.4 is 15.2 Å². The van der Waals surface area contributed by atoms with Crippen LogP contribution in [-0.2, 0) is 20.4 Å². The summed E-state index contributed by atoms with van der Waals surface area (Å²) in [4.78, 5) is 35.1. The zero-order chi connectivity index (χ0) is 25.4. The number of hydrogen-bond acceptors (Lipinski definition) is 9. The van der Waals surface area contributed by atoms with Crippen molar-refractivity contribution in [1.29, 1.82) is 0 Å². The van der Waals surface area contributed by atoms with Crippen LogP contribution in [0.4, 0.5) is 19.1 Å². The summed E-state index contributed by atoms with van der Waals surface area (Å²) in [5, 5.41) is 5.96. The van der Waals surface area contributed by atoms with Crippen LogP contribution >= 0.6 is 15.9 Å². The molecular weight excluding hydrogens is 541 g/mol. The lowest BCUT2D eigenvalue weighted by Gasteiger charge is -2.34. The average molecular weight is 565 g/mol. The van der Waals surface area contributed by atoms with Crippen molar-refractivity contribution in [3.63, 3.8) is 0 Å². The highest BCUT2D eigenvalue weighted by molar-refractivity contribution is 9.10. The first-order chi connectivity index (χ1) is 16.7. The molecule has 0 bridgehead atoms. The molecule has 2 aromatic rings. The molecule has 35 heavy (non-hydrogen) atoms. The number of carbonyl (C=O) groups is 1. The zero-order valence-corrected chi connectivity index (χ0v) is 20.3. The van der Waals surface area contributed by atoms with Crippen molar-refractivity contribution >= 4 is 27.8 Å². The van der Waals surface area contributed by atoms with E-state index in [4.69, 9.17) is 14.2 Å². The summed E-state index contributed by atoms with van der Waals surface area (Å²) in [7, 11) is 1.50. The molecule has 0 spiro atoms. The Bertz CT molecular complexity index is 1030. The molecule has 0 aliphatic carbocycles.